The van der Waals surface area contributed by atoms with Crippen LogP contribution in [0, 0.1) is 0 Å². The molecule has 0 unspecified atom stereocenters. The lowest BCUT2D eigenvalue weighted by Crippen LogP contribution is -2.52. The van der Waals surface area contributed by atoms with E-state index in [-0.39, 0.29) is 42.9 Å². The summed E-state index contributed by atoms with van der Waals surface area (Å²) >= 11 is 0. The highest BCUT2D eigenvalue weighted by Gasteiger charge is 2.31. The molecule has 4 rings (SSSR count). The monoisotopic (exact) mass is 548 g/mol. The van der Waals surface area contributed by atoms with Gasteiger partial charge in [0.25, 0.3) is 11.8 Å². The van der Waals surface area contributed by atoms with Crippen LogP contribution in [0.3, 0.4) is 0 Å². The number of fused-ring (bicyclic) bond motifs is 1. The number of amides is 2. The molecule has 8 nitrogen and oxygen atoms in total. The third-order valence-corrected chi connectivity index (χ3v) is 7.60. The SMILES string of the molecule is COCCCCn1c(C(=O)N(C(C)C)[C@@H]2CCCNC2)cc2cccc(OCC(=O)N3CCCCC3)c21.Cl. The number of hydrogen-bond acceptors (Lipinski definition) is 5. The molecule has 3 heterocycles. The van der Waals surface area contributed by atoms with Crippen molar-refractivity contribution in [2.75, 3.05) is 46.5 Å². The zero-order valence-electron chi connectivity index (χ0n) is 23.2. The van der Waals surface area contributed by atoms with E-state index in [2.05, 4.69) is 23.7 Å². The molecular formula is C29H45ClN4O4. The van der Waals surface area contributed by atoms with Crippen LogP contribution in [0.1, 0.15) is 69.3 Å². The maximum Gasteiger partial charge on any atom is 0.271 e. The Bertz CT molecular complexity index is 1040. The number of aromatic nitrogens is 1. The Labute approximate surface area is 233 Å². The van der Waals surface area contributed by atoms with Gasteiger partial charge in [0.15, 0.2) is 6.61 Å². The van der Waals surface area contributed by atoms with Gasteiger partial charge in [0, 0.05) is 57.4 Å². The van der Waals surface area contributed by atoms with E-state index in [9.17, 15) is 9.59 Å². The van der Waals surface area contributed by atoms with Gasteiger partial charge in [-0.2, -0.15) is 0 Å². The molecule has 2 aliphatic rings. The summed E-state index contributed by atoms with van der Waals surface area (Å²) in [7, 11) is 1.71. The number of piperidine rings is 2. The molecule has 2 aliphatic heterocycles. The maximum atomic E-state index is 14.1. The van der Waals surface area contributed by atoms with E-state index in [0.717, 1.165) is 75.6 Å². The summed E-state index contributed by atoms with van der Waals surface area (Å²) in [6, 6.07) is 8.15. The summed E-state index contributed by atoms with van der Waals surface area (Å²) in [5.41, 5.74) is 1.57. The summed E-state index contributed by atoms with van der Waals surface area (Å²) in [5.74, 6) is 0.744. The standard InChI is InChI=1S/C29H44N4O4.ClH/c1-22(2)33(24-12-10-14-30-20-24)29(35)25-19-23-11-9-13-26(28(23)32(25)17-7-8-18-36-3)37-21-27(34)31-15-5-4-6-16-31;/h9,11,13,19,22,24,30H,4-8,10,12,14-18,20-21H2,1-3H3;1H/t24-;/m1./s1. The number of nitrogens with one attached hydrogen (secondary N) is 1. The fourth-order valence-electron chi connectivity index (χ4n) is 5.73. The quantitative estimate of drug-likeness (QED) is 0.419. The van der Waals surface area contributed by atoms with Crippen molar-refractivity contribution in [3.8, 4) is 5.75 Å². The third kappa shape index (κ3) is 7.21. The second-order valence-corrected chi connectivity index (χ2v) is 10.6. The number of unbranched alkanes of at least 4 members (excludes halogenated alkanes) is 1. The van der Waals surface area contributed by atoms with Crippen molar-refractivity contribution in [2.45, 2.75) is 77.4 Å². The van der Waals surface area contributed by atoms with Gasteiger partial charge in [0.05, 0.1) is 5.52 Å². The zero-order valence-corrected chi connectivity index (χ0v) is 24.1. The Morgan fingerprint density at radius 2 is 1.92 bits per heavy atom. The highest BCUT2D eigenvalue weighted by Crippen LogP contribution is 2.31. The van der Waals surface area contributed by atoms with Crippen molar-refractivity contribution in [2.24, 2.45) is 0 Å². The van der Waals surface area contributed by atoms with Gasteiger partial charge in [-0.1, -0.05) is 12.1 Å². The van der Waals surface area contributed by atoms with Crippen molar-refractivity contribution >= 4 is 35.1 Å². The summed E-state index contributed by atoms with van der Waals surface area (Å²) in [6.45, 7) is 9.02. The van der Waals surface area contributed by atoms with Crippen molar-refractivity contribution in [1.29, 1.82) is 0 Å². The molecule has 1 aromatic heterocycles. The van der Waals surface area contributed by atoms with Gasteiger partial charge in [-0.25, -0.2) is 0 Å². The molecular weight excluding hydrogens is 504 g/mol. The number of carbonyl (C=O) groups is 2. The van der Waals surface area contributed by atoms with E-state index in [4.69, 9.17) is 9.47 Å². The van der Waals surface area contributed by atoms with E-state index < -0.39 is 0 Å². The molecule has 0 spiro atoms. The third-order valence-electron chi connectivity index (χ3n) is 7.60. The largest absolute Gasteiger partial charge is 0.482 e. The molecule has 0 bridgehead atoms. The molecule has 2 fully saturated rings. The first kappa shape index (κ1) is 30.3. The molecule has 1 atom stereocenters. The molecule has 9 heteroatoms. The lowest BCUT2D eigenvalue weighted by Gasteiger charge is -2.37. The van der Waals surface area contributed by atoms with Crippen molar-refractivity contribution in [3.63, 3.8) is 0 Å². The predicted molar refractivity (Wildman–Crippen MR) is 153 cm³/mol. The zero-order chi connectivity index (χ0) is 26.2. The van der Waals surface area contributed by atoms with Crippen LogP contribution in [0.5, 0.6) is 5.75 Å². The minimum atomic E-state index is 0. The van der Waals surface area contributed by atoms with Crippen molar-refractivity contribution in [1.82, 2.24) is 19.7 Å². The van der Waals surface area contributed by atoms with Crippen LogP contribution >= 0.6 is 12.4 Å². The van der Waals surface area contributed by atoms with Crippen LogP contribution in [0.15, 0.2) is 24.3 Å². The smallest absolute Gasteiger partial charge is 0.271 e. The van der Waals surface area contributed by atoms with Crippen LogP contribution < -0.4 is 10.1 Å². The molecule has 1 aromatic carbocycles. The van der Waals surface area contributed by atoms with E-state index in [0.29, 0.717) is 24.6 Å². The molecule has 2 aromatic rings. The molecule has 2 saturated heterocycles. The van der Waals surface area contributed by atoms with E-state index >= 15 is 0 Å². The first-order chi connectivity index (χ1) is 18.0. The fraction of sp³-hybridized carbons (Fsp3) is 0.655. The van der Waals surface area contributed by atoms with E-state index in [1.54, 1.807) is 7.11 Å². The second-order valence-electron chi connectivity index (χ2n) is 10.6. The van der Waals surface area contributed by atoms with Gasteiger partial charge in [0.2, 0.25) is 0 Å². The minimum absolute atomic E-state index is 0. The number of carbonyl (C=O) groups excluding carboxylic acids is 2. The minimum Gasteiger partial charge on any atom is -0.482 e. The van der Waals surface area contributed by atoms with Gasteiger partial charge in [-0.05, 0) is 77.5 Å². The number of ether oxygens (including phenoxy) is 2. The average molecular weight is 549 g/mol. The summed E-state index contributed by atoms with van der Waals surface area (Å²) in [4.78, 5) is 30.9. The predicted octanol–water partition coefficient (Wildman–Crippen LogP) is 4.48. The van der Waals surface area contributed by atoms with Crippen LogP contribution in [-0.2, 0) is 16.1 Å². The molecule has 0 aliphatic carbocycles. The number of halogens is 1. The van der Waals surface area contributed by atoms with Crippen LogP contribution in [0.2, 0.25) is 0 Å². The lowest BCUT2D eigenvalue weighted by molar-refractivity contribution is -0.134. The average Bonchev–Trinajstić information content (AvgIpc) is 3.30. The Morgan fingerprint density at radius 1 is 1.13 bits per heavy atom. The van der Waals surface area contributed by atoms with E-state index in [1.165, 1.54) is 6.42 Å². The highest BCUT2D eigenvalue weighted by molar-refractivity contribution is 6.00. The van der Waals surface area contributed by atoms with Gasteiger partial charge in [0.1, 0.15) is 11.4 Å². The first-order valence-corrected chi connectivity index (χ1v) is 14.1. The number of likely N-dealkylation sites (tertiary alicyclic amines) is 1. The van der Waals surface area contributed by atoms with Crippen molar-refractivity contribution in [3.05, 3.63) is 30.0 Å². The maximum absolute atomic E-state index is 14.1. The molecule has 38 heavy (non-hydrogen) atoms. The number of benzene rings is 1. The molecule has 2 amide bonds. The molecule has 1 N–H and O–H groups in total. The topological polar surface area (TPSA) is 76.0 Å². The number of rotatable bonds is 11. The molecule has 0 radical (unpaired) electrons. The van der Waals surface area contributed by atoms with Crippen LogP contribution in [0.25, 0.3) is 10.9 Å². The van der Waals surface area contributed by atoms with Crippen LogP contribution in [-0.4, -0.2) is 84.8 Å². The van der Waals surface area contributed by atoms with Gasteiger partial charge < -0.3 is 29.2 Å². The van der Waals surface area contributed by atoms with Gasteiger partial charge in [-0.3, -0.25) is 9.59 Å². The summed E-state index contributed by atoms with van der Waals surface area (Å²) in [5, 5.41) is 4.42. The summed E-state index contributed by atoms with van der Waals surface area (Å²) in [6.07, 6.45) is 7.16. The van der Waals surface area contributed by atoms with Crippen molar-refractivity contribution < 1.29 is 19.1 Å². The molecule has 212 valence electrons. The Hall–Kier alpha value is -2.29. The first-order valence-electron chi connectivity index (χ1n) is 14.1. The van der Waals surface area contributed by atoms with Crippen LogP contribution in [0.4, 0.5) is 0 Å². The Balaban J connectivity index is 0.00000400. The molecule has 0 saturated carbocycles. The number of nitrogens with zero attached hydrogens (tertiary/aromatic N) is 3. The number of hydrogen-bond donors (Lipinski definition) is 1. The lowest BCUT2D eigenvalue weighted by atomic mass is 10.0. The number of methoxy groups -OCH3 is 1. The second kappa shape index (κ2) is 14.8. The highest BCUT2D eigenvalue weighted by atomic mass is 35.5. The Morgan fingerprint density at radius 3 is 2.61 bits per heavy atom. The van der Waals surface area contributed by atoms with Gasteiger partial charge >= 0.3 is 0 Å². The Kier molecular flexibility index (Phi) is 11.7. The van der Waals surface area contributed by atoms with E-state index in [1.807, 2.05) is 34.1 Å². The number of para-hydroxylation sites is 1. The fourth-order valence-corrected chi connectivity index (χ4v) is 5.73. The normalized spacial score (nSPS) is 17.9. The van der Waals surface area contributed by atoms with Gasteiger partial charge in [-0.15, -0.1) is 12.4 Å². The number of aryl methyl sites for hydroxylation is 1. The summed E-state index contributed by atoms with van der Waals surface area (Å²) < 4.78 is 13.5.